The van der Waals surface area contributed by atoms with Gasteiger partial charge < -0.3 is 14.8 Å². The molecule has 1 amide bonds. The molecule has 0 aliphatic rings. The second-order valence-corrected chi connectivity index (χ2v) is 10.1. The third-order valence-electron chi connectivity index (χ3n) is 5.07. The molecule has 1 unspecified atom stereocenters. The van der Waals surface area contributed by atoms with Gasteiger partial charge in [0.25, 0.3) is 0 Å². The molecule has 0 saturated carbocycles. The van der Waals surface area contributed by atoms with Crippen molar-refractivity contribution in [3.63, 3.8) is 0 Å². The van der Waals surface area contributed by atoms with E-state index in [1.54, 1.807) is 0 Å². The first-order valence-corrected chi connectivity index (χ1v) is 12.3. The number of hydrogen-bond acceptors (Lipinski definition) is 4. The van der Waals surface area contributed by atoms with Crippen LogP contribution in [0.25, 0.3) is 0 Å². The van der Waals surface area contributed by atoms with Crippen LogP contribution in [-0.4, -0.2) is 31.3 Å². The highest BCUT2D eigenvalue weighted by Gasteiger charge is 2.26. The first-order valence-electron chi connectivity index (χ1n) is 12.3. The SMILES string of the molecule is CCCCCCCCCCCCCCOC(=O)C(NC(=O)OCC(C)(C)C)C(C)C. The standard InChI is InChI=1S/C25H49NO4/c1-7-8-9-10-11-12-13-14-15-16-17-18-19-29-23(27)22(21(2)3)26-24(28)30-20-25(4,5)6/h21-22H,7-20H2,1-6H3,(H,26,28). The molecule has 0 aromatic heterocycles. The number of carbonyl (C=O) groups excluding carboxylic acids is 2. The van der Waals surface area contributed by atoms with Gasteiger partial charge in [-0.3, -0.25) is 0 Å². The van der Waals surface area contributed by atoms with Gasteiger partial charge >= 0.3 is 12.1 Å². The number of rotatable bonds is 17. The minimum atomic E-state index is -0.671. The van der Waals surface area contributed by atoms with E-state index < -0.39 is 12.1 Å². The molecule has 0 radical (unpaired) electrons. The average molecular weight is 428 g/mol. The number of esters is 1. The van der Waals surface area contributed by atoms with E-state index in [0.717, 1.165) is 12.8 Å². The Bertz CT molecular complexity index is 443. The first-order chi connectivity index (χ1) is 14.2. The van der Waals surface area contributed by atoms with Gasteiger partial charge in [-0.05, 0) is 17.8 Å². The molecule has 0 rings (SSSR count). The molecule has 1 N–H and O–H groups in total. The molecular formula is C25H49NO4. The number of amides is 1. The fraction of sp³-hybridized carbons (Fsp3) is 0.920. The van der Waals surface area contributed by atoms with E-state index >= 15 is 0 Å². The van der Waals surface area contributed by atoms with Gasteiger partial charge in [-0.25, -0.2) is 9.59 Å². The van der Waals surface area contributed by atoms with Crippen molar-refractivity contribution in [2.45, 2.75) is 125 Å². The van der Waals surface area contributed by atoms with Crippen LogP contribution in [0.15, 0.2) is 0 Å². The van der Waals surface area contributed by atoms with Crippen molar-refractivity contribution in [1.82, 2.24) is 5.32 Å². The Labute approximate surface area is 186 Å². The summed E-state index contributed by atoms with van der Waals surface area (Å²) < 4.78 is 10.6. The molecule has 5 nitrogen and oxygen atoms in total. The normalized spacial score (nSPS) is 12.6. The van der Waals surface area contributed by atoms with Crippen molar-refractivity contribution in [3.05, 3.63) is 0 Å². The van der Waals surface area contributed by atoms with Crippen LogP contribution in [0, 0.1) is 11.3 Å². The number of hydrogen-bond donors (Lipinski definition) is 1. The zero-order valence-corrected chi connectivity index (χ0v) is 20.7. The average Bonchev–Trinajstić information content (AvgIpc) is 2.67. The summed E-state index contributed by atoms with van der Waals surface area (Å²) >= 11 is 0. The lowest BCUT2D eigenvalue weighted by Gasteiger charge is -2.22. The molecule has 0 aliphatic heterocycles. The summed E-state index contributed by atoms with van der Waals surface area (Å²) in [4.78, 5) is 24.3. The van der Waals surface area contributed by atoms with E-state index in [9.17, 15) is 9.59 Å². The zero-order valence-electron chi connectivity index (χ0n) is 20.7. The number of ether oxygens (including phenoxy) is 2. The van der Waals surface area contributed by atoms with Gasteiger partial charge in [0.15, 0.2) is 0 Å². The molecule has 0 bridgehead atoms. The number of nitrogens with one attached hydrogen (secondary N) is 1. The third kappa shape index (κ3) is 17.6. The summed E-state index contributed by atoms with van der Waals surface area (Å²) in [6.07, 6.45) is 14.7. The Morgan fingerprint density at radius 1 is 0.767 bits per heavy atom. The van der Waals surface area contributed by atoms with Gasteiger partial charge in [0.1, 0.15) is 6.04 Å². The fourth-order valence-electron chi connectivity index (χ4n) is 3.15. The van der Waals surface area contributed by atoms with Crippen LogP contribution in [0.2, 0.25) is 0 Å². The second kappa shape index (κ2) is 17.4. The minimum Gasteiger partial charge on any atom is -0.464 e. The van der Waals surface area contributed by atoms with Crippen LogP contribution in [0.3, 0.4) is 0 Å². The third-order valence-corrected chi connectivity index (χ3v) is 5.07. The van der Waals surface area contributed by atoms with Crippen LogP contribution in [0.4, 0.5) is 4.79 Å². The summed E-state index contributed by atoms with van der Waals surface area (Å²) in [5, 5.41) is 2.65. The number of carbonyl (C=O) groups is 2. The van der Waals surface area contributed by atoms with Gasteiger partial charge in [-0.2, -0.15) is 0 Å². The molecule has 30 heavy (non-hydrogen) atoms. The van der Waals surface area contributed by atoms with E-state index in [1.807, 2.05) is 34.6 Å². The van der Waals surface area contributed by atoms with E-state index in [-0.39, 0.29) is 17.3 Å². The van der Waals surface area contributed by atoms with Crippen molar-refractivity contribution in [2.24, 2.45) is 11.3 Å². The molecule has 0 fully saturated rings. The van der Waals surface area contributed by atoms with Crippen LogP contribution in [0.5, 0.6) is 0 Å². The highest BCUT2D eigenvalue weighted by atomic mass is 16.6. The highest BCUT2D eigenvalue weighted by molar-refractivity contribution is 5.81. The van der Waals surface area contributed by atoms with E-state index in [0.29, 0.717) is 13.2 Å². The maximum absolute atomic E-state index is 12.3. The second-order valence-electron chi connectivity index (χ2n) is 10.1. The molecule has 0 heterocycles. The van der Waals surface area contributed by atoms with Crippen LogP contribution >= 0.6 is 0 Å². The maximum Gasteiger partial charge on any atom is 0.407 e. The first kappa shape index (κ1) is 28.7. The van der Waals surface area contributed by atoms with Gasteiger partial charge in [-0.1, -0.05) is 112 Å². The van der Waals surface area contributed by atoms with Gasteiger partial charge in [0.05, 0.1) is 13.2 Å². The van der Waals surface area contributed by atoms with Crippen molar-refractivity contribution < 1.29 is 19.1 Å². The highest BCUT2D eigenvalue weighted by Crippen LogP contribution is 2.14. The van der Waals surface area contributed by atoms with E-state index in [4.69, 9.17) is 9.47 Å². The fourth-order valence-corrected chi connectivity index (χ4v) is 3.15. The largest absolute Gasteiger partial charge is 0.464 e. The zero-order chi connectivity index (χ0) is 22.8. The molecular weight excluding hydrogens is 378 g/mol. The summed E-state index contributed by atoms with van der Waals surface area (Å²) in [6.45, 7) is 12.7. The predicted molar refractivity (Wildman–Crippen MR) is 125 cm³/mol. The Morgan fingerprint density at radius 3 is 1.67 bits per heavy atom. The van der Waals surface area contributed by atoms with Gasteiger partial charge in [-0.15, -0.1) is 0 Å². The Morgan fingerprint density at radius 2 is 1.23 bits per heavy atom. The van der Waals surface area contributed by atoms with E-state index in [2.05, 4.69) is 12.2 Å². The quantitative estimate of drug-likeness (QED) is 0.200. The molecule has 0 aromatic rings. The molecule has 0 aliphatic carbocycles. The van der Waals surface area contributed by atoms with Crippen molar-refractivity contribution in [2.75, 3.05) is 13.2 Å². The lowest BCUT2D eigenvalue weighted by atomic mass is 9.99. The van der Waals surface area contributed by atoms with Gasteiger partial charge in [0.2, 0.25) is 0 Å². The summed E-state index contributed by atoms with van der Waals surface area (Å²) in [7, 11) is 0. The van der Waals surface area contributed by atoms with Crippen LogP contribution in [0.1, 0.15) is 119 Å². The maximum atomic E-state index is 12.3. The Kier molecular flexibility index (Phi) is 16.7. The topological polar surface area (TPSA) is 64.6 Å². The minimum absolute atomic E-state index is 0.0540. The summed E-state index contributed by atoms with van der Waals surface area (Å²) in [5.74, 6) is -0.428. The summed E-state index contributed by atoms with van der Waals surface area (Å²) in [5.41, 5.74) is -0.111. The predicted octanol–water partition coefficient (Wildman–Crippen LogP) is 7.03. The Hall–Kier alpha value is -1.26. The van der Waals surface area contributed by atoms with Crippen molar-refractivity contribution in [1.29, 1.82) is 0 Å². The molecule has 5 heteroatoms. The smallest absolute Gasteiger partial charge is 0.407 e. The lowest BCUT2D eigenvalue weighted by molar-refractivity contribution is -0.147. The molecule has 0 saturated heterocycles. The number of alkyl carbamates (subject to hydrolysis) is 1. The lowest BCUT2D eigenvalue weighted by Crippen LogP contribution is -2.46. The van der Waals surface area contributed by atoms with Crippen molar-refractivity contribution in [3.8, 4) is 0 Å². The number of unbranched alkanes of at least 4 members (excludes halogenated alkanes) is 11. The summed E-state index contributed by atoms with van der Waals surface area (Å²) in [6, 6.07) is -0.671. The molecule has 178 valence electrons. The van der Waals surface area contributed by atoms with E-state index in [1.165, 1.54) is 64.2 Å². The van der Waals surface area contributed by atoms with Crippen LogP contribution in [-0.2, 0) is 14.3 Å². The van der Waals surface area contributed by atoms with Crippen LogP contribution < -0.4 is 5.32 Å². The van der Waals surface area contributed by atoms with Crippen molar-refractivity contribution >= 4 is 12.1 Å². The molecule has 0 spiro atoms. The Balaban J connectivity index is 3.79. The molecule has 0 aromatic carbocycles. The molecule has 1 atom stereocenters. The monoisotopic (exact) mass is 427 g/mol. The van der Waals surface area contributed by atoms with Gasteiger partial charge in [0, 0.05) is 0 Å².